The summed E-state index contributed by atoms with van der Waals surface area (Å²) in [6.07, 6.45) is 0. The molecule has 0 saturated heterocycles. The highest BCUT2D eigenvalue weighted by molar-refractivity contribution is 8.02. The smallest absolute Gasteiger partial charge is 0.366 e. The van der Waals surface area contributed by atoms with Crippen molar-refractivity contribution in [1.82, 2.24) is 15.5 Å². The van der Waals surface area contributed by atoms with Gasteiger partial charge in [0.2, 0.25) is 10.5 Å². The average Bonchev–Trinajstić information content (AvgIpc) is 2.56. The summed E-state index contributed by atoms with van der Waals surface area (Å²) < 4.78 is 0.501. The van der Waals surface area contributed by atoms with Crippen LogP contribution in [0.5, 0.6) is 0 Å². The molecule has 0 aromatic carbocycles. The number of anilines is 1. The second-order valence-electron chi connectivity index (χ2n) is 2.39. The summed E-state index contributed by atoms with van der Waals surface area (Å²) in [6, 6.07) is -0.756. The Hall–Kier alpha value is -1.55. The molecule has 10 heteroatoms. The number of azo groups is 1. The van der Waals surface area contributed by atoms with Gasteiger partial charge in [0.25, 0.3) is 5.91 Å². The van der Waals surface area contributed by atoms with Crippen molar-refractivity contribution in [2.45, 2.75) is 9.71 Å². The lowest BCUT2D eigenvalue weighted by Crippen LogP contribution is -2.37. The molecular formula is C5H4N6O2S2. The summed E-state index contributed by atoms with van der Waals surface area (Å²) in [5.41, 5.74) is 5.36. The summed E-state index contributed by atoms with van der Waals surface area (Å²) in [5, 5.41) is 15.5. The van der Waals surface area contributed by atoms with E-state index in [0.717, 1.165) is 23.1 Å². The fraction of sp³-hybridized carbons (Fsp3) is 0.200. The first-order chi connectivity index (χ1) is 7.15. The number of aromatic nitrogens is 2. The molecule has 1 unspecified atom stereocenters. The van der Waals surface area contributed by atoms with Gasteiger partial charge in [0.15, 0.2) is 4.34 Å². The maximum atomic E-state index is 11.2. The summed E-state index contributed by atoms with van der Waals surface area (Å²) in [5.74, 6) is -0.520. The number of carbonyl (C=O) groups excluding carboxylic acids is 2. The minimum absolute atomic E-state index is 0.307. The van der Waals surface area contributed by atoms with Crippen LogP contribution in [0.15, 0.2) is 14.6 Å². The monoisotopic (exact) mass is 244 g/mol. The first-order valence-electron chi connectivity index (χ1n) is 3.66. The topological polar surface area (TPSA) is 123 Å². The number of hydrogen-bond donors (Lipinski definition) is 2. The number of nitrogens with two attached hydrogens (primary N) is 1. The highest BCUT2D eigenvalue weighted by Crippen LogP contribution is 2.29. The summed E-state index contributed by atoms with van der Waals surface area (Å²) in [4.78, 5) is 21.9. The Morgan fingerprint density at radius 1 is 1.40 bits per heavy atom. The molecular weight excluding hydrogens is 240 g/mol. The number of imide groups is 1. The lowest BCUT2D eigenvalue weighted by Gasteiger charge is -2.10. The number of amides is 3. The van der Waals surface area contributed by atoms with Crippen molar-refractivity contribution in [2.24, 2.45) is 10.2 Å². The molecule has 1 aliphatic heterocycles. The number of urea groups is 1. The van der Waals surface area contributed by atoms with Gasteiger partial charge < -0.3 is 5.73 Å². The zero-order valence-electron chi connectivity index (χ0n) is 7.08. The summed E-state index contributed by atoms with van der Waals surface area (Å²) in [6.45, 7) is 0. The van der Waals surface area contributed by atoms with Crippen LogP contribution < -0.4 is 11.1 Å². The van der Waals surface area contributed by atoms with Crippen LogP contribution in [0, 0.1) is 0 Å². The van der Waals surface area contributed by atoms with Crippen LogP contribution in [0.3, 0.4) is 0 Å². The fourth-order valence-corrected chi connectivity index (χ4v) is 2.39. The number of nitrogen functional groups attached to an aromatic ring is 1. The molecule has 3 N–H and O–H groups in total. The van der Waals surface area contributed by atoms with Crippen LogP contribution in [0.2, 0.25) is 0 Å². The van der Waals surface area contributed by atoms with Gasteiger partial charge >= 0.3 is 6.03 Å². The molecule has 0 fully saturated rings. The summed E-state index contributed by atoms with van der Waals surface area (Å²) >= 11 is 2.17. The van der Waals surface area contributed by atoms with E-state index in [0.29, 0.717) is 9.47 Å². The zero-order chi connectivity index (χ0) is 10.8. The molecule has 15 heavy (non-hydrogen) atoms. The van der Waals surface area contributed by atoms with Crippen LogP contribution in [-0.2, 0) is 4.79 Å². The van der Waals surface area contributed by atoms with Gasteiger partial charge in [-0.1, -0.05) is 28.2 Å². The predicted molar refractivity (Wildman–Crippen MR) is 52.4 cm³/mol. The van der Waals surface area contributed by atoms with Crippen LogP contribution in [0.4, 0.5) is 9.93 Å². The molecule has 2 rings (SSSR count). The second kappa shape index (κ2) is 3.90. The van der Waals surface area contributed by atoms with E-state index < -0.39 is 17.3 Å². The van der Waals surface area contributed by atoms with Crippen molar-refractivity contribution in [3.63, 3.8) is 0 Å². The Kier molecular flexibility index (Phi) is 2.60. The van der Waals surface area contributed by atoms with Crippen LogP contribution >= 0.6 is 23.1 Å². The largest absolute Gasteiger partial charge is 0.374 e. The normalized spacial score (nSPS) is 20.4. The fourth-order valence-electron chi connectivity index (χ4n) is 0.790. The Bertz CT molecular complexity index is 442. The maximum absolute atomic E-state index is 11.2. The third kappa shape index (κ3) is 2.27. The number of carbonyl (C=O) groups is 2. The Morgan fingerprint density at radius 2 is 2.20 bits per heavy atom. The highest BCUT2D eigenvalue weighted by Gasteiger charge is 2.26. The molecule has 1 atom stereocenters. The van der Waals surface area contributed by atoms with Crippen LogP contribution in [-0.4, -0.2) is 27.5 Å². The average molecular weight is 244 g/mol. The quantitative estimate of drug-likeness (QED) is 0.768. The van der Waals surface area contributed by atoms with E-state index in [-0.39, 0.29) is 0 Å². The van der Waals surface area contributed by atoms with Crippen molar-refractivity contribution in [3.05, 3.63) is 0 Å². The molecule has 0 saturated carbocycles. The van der Waals surface area contributed by atoms with E-state index in [1.54, 1.807) is 0 Å². The Labute approximate surface area is 91.4 Å². The molecule has 3 amide bonds. The first kappa shape index (κ1) is 9.98. The van der Waals surface area contributed by atoms with Gasteiger partial charge in [-0.2, -0.15) is 5.11 Å². The molecule has 0 spiro atoms. The molecule has 8 nitrogen and oxygen atoms in total. The van der Waals surface area contributed by atoms with Crippen molar-refractivity contribution in [2.75, 3.05) is 5.73 Å². The SMILES string of the molecule is Nc1nnc(SC2N=NC(=O)NC2=O)s1. The van der Waals surface area contributed by atoms with Gasteiger partial charge in [0.05, 0.1) is 0 Å². The standard InChI is InChI=1S/C5H4N6O2S2/c6-3-9-11-5(15-3)14-2-1(12)7-4(13)10-8-2/h2H,(H2,6,9)(H,7,12,13). The van der Waals surface area contributed by atoms with Crippen molar-refractivity contribution in [1.29, 1.82) is 0 Å². The minimum atomic E-state index is -0.810. The molecule has 1 aromatic heterocycles. The third-order valence-corrected chi connectivity index (χ3v) is 3.24. The molecule has 1 aliphatic rings. The van der Waals surface area contributed by atoms with E-state index in [1.165, 1.54) is 0 Å². The minimum Gasteiger partial charge on any atom is -0.374 e. The van der Waals surface area contributed by atoms with E-state index in [9.17, 15) is 9.59 Å². The molecule has 1 aromatic rings. The van der Waals surface area contributed by atoms with Gasteiger partial charge in [0, 0.05) is 0 Å². The number of rotatable bonds is 2. The molecule has 0 bridgehead atoms. The number of hydrogen-bond acceptors (Lipinski definition) is 8. The van der Waals surface area contributed by atoms with E-state index in [4.69, 9.17) is 5.73 Å². The van der Waals surface area contributed by atoms with E-state index >= 15 is 0 Å². The highest BCUT2D eigenvalue weighted by atomic mass is 32.2. The third-order valence-electron chi connectivity index (χ3n) is 1.34. The van der Waals surface area contributed by atoms with Crippen LogP contribution in [0.1, 0.15) is 0 Å². The van der Waals surface area contributed by atoms with Gasteiger partial charge in [-0.3, -0.25) is 10.1 Å². The Morgan fingerprint density at radius 3 is 2.80 bits per heavy atom. The van der Waals surface area contributed by atoms with Gasteiger partial charge in [0.1, 0.15) is 0 Å². The van der Waals surface area contributed by atoms with E-state index in [1.807, 2.05) is 5.32 Å². The van der Waals surface area contributed by atoms with Gasteiger partial charge in [-0.25, -0.2) is 4.79 Å². The number of nitrogens with one attached hydrogen (secondary N) is 1. The molecule has 2 heterocycles. The van der Waals surface area contributed by atoms with Crippen molar-refractivity contribution < 1.29 is 9.59 Å². The van der Waals surface area contributed by atoms with Crippen LogP contribution in [0.25, 0.3) is 0 Å². The van der Waals surface area contributed by atoms with Crippen molar-refractivity contribution >= 4 is 40.2 Å². The lowest BCUT2D eigenvalue weighted by molar-refractivity contribution is -0.119. The number of nitrogens with zero attached hydrogens (tertiary/aromatic N) is 4. The van der Waals surface area contributed by atoms with Gasteiger partial charge in [-0.05, 0) is 0 Å². The molecule has 0 aliphatic carbocycles. The Balaban J connectivity index is 2.09. The van der Waals surface area contributed by atoms with Gasteiger partial charge in [-0.15, -0.1) is 10.2 Å². The predicted octanol–water partition coefficient (Wildman–Crippen LogP) is 0.240. The molecule has 0 radical (unpaired) electrons. The first-order valence-corrected chi connectivity index (χ1v) is 5.36. The van der Waals surface area contributed by atoms with E-state index in [2.05, 4.69) is 20.4 Å². The zero-order valence-corrected chi connectivity index (χ0v) is 8.71. The summed E-state index contributed by atoms with van der Waals surface area (Å²) in [7, 11) is 0. The number of thioether (sulfide) groups is 1. The van der Waals surface area contributed by atoms with Crippen molar-refractivity contribution in [3.8, 4) is 0 Å². The molecule has 78 valence electrons. The second-order valence-corrected chi connectivity index (χ2v) is 4.72. The maximum Gasteiger partial charge on any atom is 0.366 e. The lowest BCUT2D eigenvalue weighted by atomic mass is 10.6.